The Bertz CT molecular complexity index is 304. The standard InChI is InChI=1S/C9H12N2O2/c1-3-5-10-9(12)8-6-7(4-2)13-11-8/h3,6H,1,4-5H2,2H3,(H,10,12). The van der Waals surface area contributed by atoms with Crippen molar-refractivity contribution in [3.8, 4) is 0 Å². The molecule has 0 fully saturated rings. The summed E-state index contributed by atoms with van der Waals surface area (Å²) in [6.07, 6.45) is 2.35. The molecule has 0 aromatic carbocycles. The number of carbonyl (C=O) groups is 1. The van der Waals surface area contributed by atoms with Gasteiger partial charge in [0.15, 0.2) is 5.69 Å². The van der Waals surface area contributed by atoms with Crippen molar-refractivity contribution in [1.29, 1.82) is 0 Å². The first-order chi connectivity index (χ1) is 6.27. The highest BCUT2D eigenvalue weighted by Gasteiger charge is 2.09. The van der Waals surface area contributed by atoms with E-state index >= 15 is 0 Å². The predicted octanol–water partition coefficient (Wildman–Crippen LogP) is 1.15. The molecule has 0 aliphatic rings. The van der Waals surface area contributed by atoms with E-state index in [1.165, 1.54) is 0 Å². The van der Waals surface area contributed by atoms with Gasteiger partial charge in [-0.05, 0) is 0 Å². The van der Waals surface area contributed by atoms with Crippen LogP contribution in [0.4, 0.5) is 0 Å². The van der Waals surface area contributed by atoms with Crippen molar-refractivity contribution in [1.82, 2.24) is 10.5 Å². The number of aryl methyl sites for hydroxylation is 1. The lowest BCUT2D eigenvalue weighted by atomic mass is 10.3. The van der Waals surface area contributed by atoms with Gasteiger partial charge in [-0.25, -0.2) is 0 Å². The van der Waals surface area contributed by atoms with Gasteiger partial charge in [0.05, 0.1) is 0 Å². The number of nitrogens with one attached hydrogen (secondary N) is 1. The zero-order valence-corrected chi connectivity index (χ0v) is 7.54. The van der Waals surface area contributed by atoms with Crippen LogP contribution in [-0.4, -0.2) is 17.6 Å². The monoisotopic (exact) mass is 180 g/mol. The molecule has 0 unspecified atom stereocenters. The summed E-state index contributed by atoms with van der Waals surface area (Å²) in [4.78, 5) is 11.3. The van der Waals surface area contributed by atoms with Crippen LogP contribution in [0.5, 0.6) is 0 Å². The van der Waals surface area contributed by atoms with E-state index in [1.54, 1.807) is 12.1 Å². The Kier molecular flexibility index (Phi) is 3.25. The van der Waals surface area contributed by atoms with Gasteiger partial charge in [0.25, 0.3) is 5.91 Å². The third kappa shape index (κ3) is 2.43. The Morgan fingerprint density at radius 1 is 1.85 bits per heavy atom. The average molecular weight is 180 g/mol. The fraction of sp³-hybridized carbons (Fsp3) is 0.333. The summed E-state index contributed by atoms with van der Waals surface area (Å²) < 4.78 is 4.88. The summed E-state index contributed by atoms with van der Waals surface area (Å²) in [6, 6.07) is 1.64. The largest absolute Gasteiger partial charge is 0.361 e. The fourth-order valence-corrected chi connectivity index (χ4v) is 0.842. The van der Waals surface area contributed by atoms with Gasteiger partial charge < -0.3 is 9.84 Å². The van der Waals surface area contributed by atoms with Crippen molar-refractivity contribution in [3.63, 3.8) is 0 Å². The van der Waals surface area contributed by atoms with Crippen LogP contribution in [0, 0.1) is 0 Å². The quantitative estimate of drug-likeness (QED) is 0.707. The van der Waals surface area contributed by atoms with Crippen molar-refractivity contribution in [2.45, 2.75) is 13.3 Å². The highest BCUT2D eigenvalue weighted by atomic mass is 16.5. The van der Waals surface area contributed by atoms with E-state index < -0.39 is 0 Å². The first-order valence-corrected chi connectivity index (χ1v) is 4.12. The van der Waals surface area contributed by atoms with E-state index in [0.717, 1.165) is 6.42 Å². The lowest BCUT2D eigenvalue weighted by Gasteiger charge is -1.95. The molecule has 13 heavy (non-hydrogen) atoms. The molecule has 1 amide bonds. The van der Waals surface area contributed by atoms with Gasteiger partial charge in [-0.3, -0.25) is 4.79 Å². The van der Waals surface area contributed by atoms with Gasteiger partial charge in [-0.1, -0.05) is 18.2 Å². The SMILES string of the molecule is C=CCNC(=O)c1cc(CC)on1. The van der Waals surface area contributed by atoms with Crippen molar-refractivity contribution < 1.29 is 9.32 Å². The summed E-state index contributed by atoms with van der Waals surface area (Å²) in [6.45, 7) is 5.86. The molecule has 1 heterocycles. The second-order valence-electron chi connectivity index (χ2n) is 2.53. The molecule has 4 heteroatoms. The molecule has 1 N–H and O–H groups in total. The molecule has 1 aromatic heterocycles. The number of carbonyl (C=O) groups excluding carboxylic acids is 1. The maximum atomic E-state index is 11.3. The molecule has 0 spiro atoms. The molecule has 4 nitrogen and oxygen atoms in total. The number of nitrogens with zero attached hydrogens (tertiary/aromatic N) is 1. The molecule has 0 bridgehead atoms. The maximum absolute atomic E-state index is 11.3. The average Bonchev–Trinajstić information content (AvgIpc) is 2.62. The van der Waals surface area contributed by atoms with Crippen LogP contribution < -0.4 is 5.32 Å². The number of aromatic nitrogens is 1. The van der Waals surface area contributed by atoms with Crippen molar-refractivity contribution in [3.05, 3.63) is 30.2 Å². The molecule has 0 radical (unpaired) electrons. The fourth-order valence-electron chi connectivity index (χ4n) is 0.842. The van der Waals surface area contributed by atoms with E-state index in [-0.39, 0.29) is 5.91 Å². The van der Waals surface area contributed by atoms with Crippen molar-refractivity contribution >= 4 is 5.91 Å². The van der Waals surface area contributed by atoms with Gasteiger partial charge in [-0.2, -0.15) is 0 Å². The number of rotatable bonds is 4. The predicted molar refractivity (Wildman–Crippen MR) is 48.4 cm³/mol. The molecular weight excluding hydrogens is 168 g/mol. The third-order valence-corrected chi connectivity index (χ3v) is 1.55. The summed E-state index contributed by atoms with van der Waals surface area (Å²) in [5.74, 6) is 0.479. The maximum Gasteiger partial charge on any atom is 0.273 e. The lowest BCUT2D eigenvalue weighted by Crippen LogP contribution is -2.23. The molecule has 0 aliphatic carbocycles. The van der Waals surface area contributed by atoms with Crippen molar-refractivity contribution in [2.24, 2.45) is 0 Å². The van der Waals surface area contributed by atoms with Crippen LogP contribution in [0.3, 0.4) is 0 Å². The minimum atomic E-state index is -0.233. The normalized spacial score (nSPS) is 9.62. The second kappa shape index (κ2) is 4.45. The van der Waals surface area contributed by atoms with Crippen LogP contribution in [0.15, 0.2) is 23.2 Å². The van der Waals surface area contributed by atoms with E-state index in [2.05, 4.69) is 17.1 Å². The van der Waals surface area contributed by atoms with Crippen LogP contribution in [-0.2, 0) is 6.42 Å². The first kappa shape index (κ1) is 9.51. The Balaban J connectivity index is 2.60. The highest BCUT2D eigenvalue weighted by molar-refractivity contribution is 5.92. The number of amides is 1. The molecule has 0 atom stereocenters. The van der Waals surface area contributed by atoms with E-state index in [4.69, 9.17) is 4.52 Å². The Labute approximate surface area is 76.6 Å². The Morgan fingerprint density at radius 2 is 2.62 bits per heavy atom. The highest BCUT2D eigenvalue weighted by Crippen LogP contribution is 2.03. The number of hydrogen-bond donors (Lipinski definition) is 1. The molecule has 0 saturated carbocycles. The lowest BCUT2D eigenvalue weighted by molar-refractivity contribution is 0.0949. The molecule has 70 valence electrons. The van der Waals surface area contributed by atoms with E-state index in [9.17, 15) is 4.79 Å². The molecular formula is C9H12N2O2. The van der Waals surface area contributed by atoms with Gasteiger partial charge in [0, 0.05) is 19.0 Å². The summed E-state index contributed by atoms with van der Waals surface area (Å²) in [7, 11) is 0. The van der Waals surface area contributed by atoms with Crippen molar-refractivity contribution in [2.75, 3.05) is 6.54 Å². The zero-order chi connectivity index (χ0) is 9.68. The molecule has 1 aromatic rings. The summed E-state index contributed by atoms with van der Waals surface area (Å²) in [5.41, 5.74) is 0.318. The van der Waals surface area contributed by atoms with Crippen LogP contribution >= 0.6 is 0 Å². The third-order valence-electron chi connectivity index (χ3n) is 1.55. The Hall–Kier alpha value is -1.58. The number of hydrogen-bond acceptors (Lipinski definition) is 3. The van der Waals surface area contributed by atoms with Gasteiger partial charge in [0.2, 0.25) is 0 Å². The zero-order valence-electron chi connectivity index (χ0n) is 7.54. The smallest absolute Gasteiger partial charge is 0.273 e. The van der Waals surface area contributed by atoms with Gasteiger partial charge >= 0.3 is 0 Å². The minimum absolute atomic E-state index is 0.233. The van der Waals surface area contributed by atoms with Gasteiger partial charge in [0.1, 0.15) is 5.76 Å². The molecule has 1 rings (SSSR count). The van der Waals surface area contributed by atoms with E-state index in [0.29, 0.717) is 18.0 Å². The minimum Gasteiger partial charge on any atom is -0.361 e. The molecule has 0 saturated heterocycles. The van der Waals surface area contributed by atoms with Gasteiger partial charge in [-0.15, -0.1) is 6.58 Å². The molecule has 0 aliphatic heterocycles. The Morgan fingerprint density at radius 3 is 3.15 bits per heavy atom. The van der Waals surface area contributed by atoms with Crippen LogP contribution in [0.1, 0.15) is 23.2 Å². The van der Waals surface area contributed by atoms with Crippen LogP contribution in [0.2, 0.25) is 0 Å². The second-order valence-corrected chi connectivity index (χ2v) is 2.53. The van der Waals surface area contributed by atoms with Crippen LogP contribution in [0.25, 0.3) is 0 Å². The summed E-state index contributed by atoms with van der Waals surface area (Å²) in [5, 5.41) is 6.23. The topological polar surface area (TPSA) is 55.1 Å². The summed E-state index contributed by atoms with van der Waals surface area (Å²) >= 11 is 0. The first-order valence-electron chi connectivity index (χ1n) is 4.12. The van der Waals surface area contributed by atoms with E-state index in [1.807, 2.05) is 6.92 Å².